The van der Waals surface area contributed by atoms with Crippen LogP contribution in [0.4, 0.5) is 5.82 Å². The number of nitrogens with one attached hydrogen (secondary N) is 1. The van der Waals surface area contributed by atoms with Crippen LogP contribution in [-0.4, -0.2) is 26.1 Å². The number of hydrogen-bond donors (Lipinski definition) is 4. The Bertz CT molecular complexity index is 296. The van der Waals surface area contributed by atoms with Gasteiger partial charge in [-0.1, -0.05) is 0 Å². The molecule has 0 bridgehead atoms. The van der Waals surface area contributed by atoms with E-state index in [-0.39, 0.29) is 17.6 Å². The fourth-order valence-corrected chi connectivity index (χ4v) is 0.738. The number of nitrogens with two attached hydrogens (primary N) is 1. The van der Waals surface area contributed by atoms with E-state index in [1.165, 1.54) is 16.9 Å². The number of anilines is 1. The molecule has 1 aromatic heterocycles. The van der Waals surface area contributed by atoms with Crippen molar-refractivity contribution < 1.29 is 15.2 Å². The Labute approximate surface area is 73.0 Å². The first-order chi connectivity index (χ1) is 6.13. The maximum Gasteiger partial charge on any atom is 0.255 e. The molecule has 1 aromatic rings. The number of aromatic nitrogens is 2. The molecular formula is C5H9N5O3. The molecular weight excluding hydrogens is 178 g/mol. The molecule has 0 unspecified atom stereocenters. The molecule has 8 nitrogen and oxygen atoms in total. The van der Waals surface area contributed by atoms with Crippen molar-refractivity contribution in [3.05, 3.63) is 12.3 Å². The van der Waals surface area contributed by atoms with E-state index >= 15 is 0 Å². The monoisotopic (exact) mass is 187 g/mol. The van der Waals surface area contributed by atoms with E-state index in [1.807, 2.05) is 5.43 Å². The van der Waals surface area contributed by atoms with Gasteiger partial charge in [-0.25, -0.2) is 5.84 Å². The van der Waals surface area contributed by atoms with Crippen LogP contribution in [0.1, 0.15) is 0 Å². The first-order valence-electron chi connectivity index (χ1n) is 3.34. The summed E-state index contributed by atoms with van der Waals surface area (Å²) < 4.78 is 1.21. The predicted molar refractivity (Wildman–Crippen MR) is 40.6 cm³/mol. The normalized spacial score (nSPS) is 9.77. The van der Waals surface area contributed by atoms with Crippen molar-refractivity contribution in [1.82, 2.24) is 15.2 Å². The fourth-order valence-electron chi connectivity index (χ4n) is 0.738. The second kappa shape index (κ2) is 3.85. The maximum absolute atomic E-state index is 10.7. The number of rotatable bonds is 3. The maximum atomic E-state index is 10.7. The van der Waals surface area contributed by atoms with Gasteiger partial charge in [0.2, 0.25) is 5.82 Å². The van der Waals surface area contributed by atoms with Crippen molar-refractivity contribution in [3.8, 4) is 0 Å². The van der Waals surface area contributed by atoms with E-state index in [0.717, 1.165) is 0 Å². The fraction of sp³-hybridized carbons (Fsp3) is 0.200. The number of hydrazine groups is 1. The second-order valence-electron chi connectivity index (χ2n) is 2.23. The lowest BCUT2D eigenvalue weighted by Gasteiger charge is -2.02. The van der Waals surface area contributed by atoms with Gasteiger partial charge in [0.15, 0.2) is 0 Å². The Morgan fingerprint density at radius 1 is 1.77 bits per heavy atom. The molecule has 0 aliphatic rings. The zero-order valence-electron chi connectivity index (χ0n) is 6.58. The molecule has 0 aliphatic carbocycles. The standard InChI is InChI=1S/C5H9N5O3/c6-7-5(11)3-9-2-1-4(8-9)10(12)13/h1-2,12-13H,3,6H2,(H,7,11). The van der Waals surface area contributed by atoms with Crippen molar-refractivity contribution in [2.24, 2.45) is 5.84 Å². The number of hydrogen-bond acceptors (Lipinski definition) is 6. The van der Waals surface area contributed by atoms with E-state index < -0.39 is 5.91 Å². The third-order valence-corrected chi connectivity index (χ3v) is 1.30. The molecule has 0 spiro atoms. The van der Waals surface area contributed by atoms with Crippen LogP contribution >= 0.6 is 0 Å². The molecule has 0 radical (unpaired) electrons. The number of carbonyl (C=O) groups is 1. The van der Waals surface area contributed by atoms with Crippen molar-refractivity contribution in [2.45, 2.75) is 6.54 Å². The van der Waals surface area contributed by atoms with Crippen LogP contribution in [0.2, 0.25) is 0 Å². The molecule has 8 heteroatoms. The van der Waals surface area contributed by atoms with Crippen LogP contribution < -0.4 is 16.5 Å². The number of carbonyl (C=O) groups excluding carboxylic acids is 1. The van der Waals surface area contributed by atoms with Crippen molar-refractivity contribution in [2.75, 3.05) is 5.23 Å². The minimum atomic E-state index is -0.433. The third kappa shape index (κ3) is 2.40. The Hall–Kier alpha value is -1.64. The lowest BCUT2D eigenvalue weighted by molar-refractivity contribution is -0.121. The number of nitrogens with zero attached hydrogens (tertiary/aromatic N) is 3. The SMILES string of the molecule is NNC(=O)Cn1ccc(N(O)O)n1. The molecule has 0 aromatic carbocycles. The Balaban J connectivity index is 2.64. The van der Waals surface area contributed by atoms with Gasteiger partial charge < -0.3 is 0 Å². The largest absolute Gasteiger partial charge is 0.293 e. The quantitative estimate of drug-likeness (QED) is 0.259. The van der Waals surface area contributed by atoms with Gasteiger partial charge in [0, 0.05) is 12.3 Å². The van der Waals surface area contributed by atoms with Gasteiger partial charge in [0.25, 0.3) is 5.91 Å². The lowest BCUT2D eigenvalue weighted by atomic mass is 10.6. The Morgan fingerprint density at radius 3 is 2.92 bits per heavy atom. The van der Waals surface area contributed by atoms with Crippen molar-refractivity contribution in [1.29, 1.82) is 0 Å². The zero-order valence-corrected chi connectivity index (χ0v) is 6.58. The Kier molecular flexibility index (Phi) is 2.80. The van der Waals surface area contributed by atoms with E-state index in [9.17, 15) is 4.79 Å². The molecule has 13 heavy (non-hydrogen) atoms. The molecule has 72 valence electrons. The van der Waals surface area contributed by atoms with Crippen molar-refractivity contribution >= 4 is 11.7 Å². The second-order valence-corrected chi connectivity index (χ2v) is 2.23. The minimum absolute atomic E-state index is 0.0789. The van der Waals surface area contributed by atoms with E-state index in [4.69, 9.17) is 16.3 Å². The van der Waals surface area contributed by atoms with Crippen molar-refractivity contribution in [3.63, 3.8) is 0 Å². The highest BCUT2D eigenvalue weighted by atomic mass is 16.8. The Morgan fingerprint density at radius 2 is 2.46 bits per heavy atom. The molecule has 1 amide bonds. The summed E-state index contributed by atoms with van der Waals surface area (Å²) in [5, 5.41) is 20.5. The highest BCUT2D eigenvalue weighted by Gasteiger charge is 2.05. The summed E-state index contributed by atoms with van der Waals surface area (Å²) in [5.74, 6) is 4.32. The van der Waals surface area contributed by atoms with Crippen LogP contribution in [-0.2, 0) is 11.3 Å². The summed E-state index contributed by atoms with van der Waals surface area (Å²) in [6.45, 7) is -0.0790. The molecule has 0 fully saturated rings. The summed E-state index contributed by atoms with van der Waals surface area (Å²) in [4.78, 5) is 10.7. The summed E-state index contributed by atoms with van der Waals surface area (Å²) in [6.07, 6.45) is 1.41. The summed E-state index contributed by atoms with van der Waals surface area (Å²) in [6, 6.07) is 1.32. The van der Waals surface area contributed by atoms with Gasteiger partial charge in [0.05, 0.1) is 0 Å². The van der Waals surface area contributed by atoms with Crippen LogP contribution in [0.15, 0.2) is 12.3 Å². The average Bonchev–Trinajstić information content (AvgIpc) is 2.52. The first-order valence-corrected chi connectivity index (χ1v) is 3.34. The van der Waals surface area contributed by atoms with Crippen LogP contribution in [0.3, 0.4) is 0 Å². The highest BCUT2D eigenvalue weighted by molar-refractivity contribution is 5.74. The van der Waals surface area contributed by atoms with Gasteiger partial charge >= 0.3 is 0 Å². The van der Waals surface area contributed by atoms with Crippen LogP contribution in [0.25, 0.3) is 0 Å². The van der Waals surface area contributed by atoms with Gasteiger partial charge in [-0.05, 0) is 0 Å². The molecule has 0 saturated heterocycles. The highest BCUT2D eigenvalue weighted by Crippen LogP contribution is 2.04. The zero-order chi connectivity index (χ0) is 9.84. The molecule has 0 atom stereocenters. The van der Waals surface area contributed by atoms with Gasteiger partial charge in [-0.2, -0.15) is 0 Å². The first kappa shape index (κ1) is 9.45. The van der Waals surface area contributed by atoms with Gasteiger partial charge in [-0.3, -0.25) is 25.3 Å². The average molecular weight is 187 g/mol. The van der Waals surface area contributed by atoms with E-state index in [1.54, 1.807) is 0 Å². The topological polar surface area (TPSA) is 117 Å². The summed E-state index contributed by atoms with van der Waals surface area (Å²) in [5.41, 5.74) is 1.91. The lowest BCUT2D eigenvalue weighted by Crippen LogP contribution is -2.33. The van der Waals surface area contributed by atoms with Gasteiger partial charge in [-0.15, -0.1) is 10.3 Å². The van der Waals surface area contributed by atoms with Gasteiger partial charge in [0.1, 0.15) is 6.54 Å². The van der Waals surface area contributed by atoms with Crippen LogP contribution in [0, 0.1) is 0 Å². The van der Waals surface area contributed by atoms with Crippen LogP contribution in [0.5, 0.6) is 0 Å². The number of amides is 1. The molecule has 0 aliphatic heterocycles. The molecule has 0 saturated carbocycles. The summed E-state index contributed by atoms with van der Waals surface area (Å²) in [7, 11) is 0. The molecule has 1 heterocycles. The third-order valence-electron chi connectivity index (χ3n) is 1.30. The molecule has 1 rings (SSSR count). The van der Waals surface area contributed by atoms with E-state index in [0.29, 0.717) is 0 Å². The predicted octanol–water partition coefficient (Wildman–Crippen LogP) is -1.54. The minimum Gasteiger partial charge on any atom is -0.293 e. The summed E-state index contributed by atoms with van der Waals surface area (Å²) >= 11 is 0. The van der Waals surface area contributed by atoms with E-state index in [2.05, 4.69) is 5.10 Å². The molecule has 5 N–H and O–H groups in total. The smallest absolute Gasteiger partial charge is 0.255 e.